The van der Waals surface area contributed by atoms with Gasteiger partial charge in [0, 0.05) is 0 Å². The Balaban J connectivity index is 2.66. The van der Waals surface area contributed by atoms with E-state index in [2.05, 4.69) is 11.8 Å². The maximum absolute atomic E-state index is 12.3. The average Bonchev–Trinajstić information content (AvgIpc) is 2.06. The SMILES string of the molecule is [CH]OC(C1CCS(=O)(=O)CC1)C(F)(F)F. The molecular weight excluding hydrogens is 233 g/mol. The van der Waals surface area contributed by atoms with Gasteiger partial charge in [-0.25, -0.2) is 8.42 Å². The molecule has 1 unspecified atom stereocenters. The lowest BCUT2D eigenvalue weighted by Crippen LogP contribution is -2.41. The fourth-order valence-corrected chi connectivity index (χ4v) is 3.19. The molecule has 0 saturated carbocycles. The highest BCUT2D eigenvalue weighted by molar-refractivity contribution is 7.91. The second-order valence-electron chi connectivity index (χ2n) is 3.59. The van der Waals surface area contributed by atoms with E-state index in [1.54, 1.807) is 0 Å². The smallest absolute Gasteiger partial charge is 0.360 e. The van der Waals surface area contributed by atoms with Gasteiger partial charge in [-0.2, -0.15) is 13.2 Å². The summed E-state index contributed by atoms with van der Waals surface area (Å²) in [5.74, 6) is -1.32. The number of ether oxygens (including phenoxy) is 1. The molecule has 0 aromatic carbocycles. The second-order valence-corrected chi connectivity index (χ2v) is 5.89. The van der Waals surface area contributed by atoms with Crippen LogP contribution < -0.4 is 0 Å². The van der Waals surface area contributed by atoms with Gasteiger partial charge in [0.25, 0.3) is 0 Å². The monoisotopic (exact) mass is 244 g/mol. The van der Waals surface area contributed by atoms with Crippen molar-refractivity contribution in [3.05, 3.63) is 7.11 Å². The summed E-state index contributed by atoms with van der Waals surface area (Å²) in [7, 11) is 1.42. The van der Waals surface area contributed by atoms with Crippen molar-refractivity contribution in [2.24, 2.45) is 5.92 Å². The Morgan fingerprint density at radius 2 is 1.73 bits per heavy atom. The summed E-state index contributed by atoms with van der Waals surface area (Å²) in [4.78, 5) is 0. The van der Waals surface area contributed by atoms with E-state index in [4.69, 9.17) is 0 Å². The van der Waals surface area contributed by atoms with E-state index in [1.807, 2.05) is 0 Å². The number of alkyl halides is 3. The predicted octanol–water partition coefficient (Wildman–Crippen LogP) is 1.43. The molecule has 3 nitrogen and oxygen atoms in total. The quantitative estimate of drug-likeness (QED) is 0.738. The molecule has 1 fully saturated rings. The van der Waals surface area contributed by atoms with Gasteiger partial charge in [0.2, 0.25) is 0 Å². The zero-order valence-corrected chi connectivity index (χ0v) is 8.64. The third-order valence-electron chi connectivity index (χ3n) is 2.50. The first-order valence-corrected chi connectivity index (χ1v) is 6.21. The van der Waals surface area contributed by atoms with Crippen LogP contribution in [0.1, 0.15) is 12.8 Å². The first-order valence-electron chi connectivity index (χ1n) is 4.39. The van der Waals surface area contributed by atoms with Gasteiger partial charge in [-0.1, -0.05) is 0 Å². The maximum Gasteiger partial charge on any atom is 0.414 e. The van der Waals surface area contributed by atoms with Gasteiger partial charge in [0.15, 0.2) is 6.10 Å². The zero-order chi connectivity index (χ0) is 11.7. The first kappa shape index (κ1) is 12.8. The third kappa shape index (κ3) is 3.34. The highest BCUT2D eigenvalue weighted by Crippen LogP contribution is 2.34. The van der Waals surface area contributed by atoms with Crippen LogP contribution in [0.4, 0.5) is 13.2 Å². The van der Waals surface area contributed by atoms with Crippen molar-refractivity contribution in [3.63, 3.8) is 0 Å². The number of halogens is 3. The Bertz CT molecular complexity index is 296. The summed E-state index contributed by atoms with van der Waals surface area (Å²) < 4.78 is 62.9. The van der Waals surface area contributed by atoms with Crippen molar-refractivity contribution in [3.8, 4) is 0 Å². The standard InChI is InChI=1S/C8H11F3O3S/c1-14-7(8(9,10)11)6-2-4-15(12,13)5-3-6/h1,6-7H,2-5H2. The van der Waals surface area contributed by atoms with Gasteiger partial charge in [0.1, 0.15) is 16.9 Å². The third-order valence-corrected chi connectivity index (χ3v) is 4.21. The molecule has 1 aliphatic heterocycles. The van der Waals surface area contributed by atoms with Gasteiger partial charge in [-0.05, 0) is 18.8 Å². The van der Waals surface area contributed by atoms with Crippen LogP contribution in [0, 0.1) is 13.0 Å². The lowest BCUT2D eigenvalue weighted by atomic mass is 9.95. The summed E-state index contributed by atoms with van der Waals surface area (Å²) in [6.07, 6.45) is -6.71. The van der Waals surface area contributed by atoms with Crippen LogP contribution >= 0.6 is 0 Å². The van der Waals surface area contributed by atoms with E-state index in [0.29, 0.717) is 0 Å². The van der Waals surface area contributed by atoms with Gasteiger partial charge < -0.3 is 4.74 Å². The normalized spacial score (nSPS) is 25.1. The topological polar surface area (TPSA) is 43.4 Å². The predicted molar refractivity (Wildman–Crippen MR) is 46.6 cm³/mol. The van der Waals surface area contributed by atoms with E-state index < -0.39 is 28.0 Å². The van der Waals surface area contributed by atoms with Crippen molar-refractivity contribution >= 4 is 9.84 Å². The van der Waals surface area contributed by atoms with Crippen molar-refractivity contribution < 1.29 is 26.3 Å². The lowest BCUT2D eigenvalue weighted by molar-refractivity contribution is -0.223. The number of sulfone groups is 1. The number of rotatable bonds is 2. The van der Waals surface area contributed by atoms with Crippen LogP contribution in [0.5, 0.6) is 0 Å². The lowest BCUT2D eigenvalue weighted by Gasteiger charge is -2.30. The van der Waals surface area contributed by atoms with E-state index >= 15 is 0 Å². The maximum atomic E-state index is 12.3. The molecule has 2 radical (unpaired) electrons. The van der Waals surface area contributed by atoms with Crippen molar-refractivity contribution in [1.29, 1.82) is 0 Å². The van der Waals surface area contributed by atoms with Crippen molar-refractivity contribution in [2.75, 3.05) is 11.5 Å². The highest BCUT2D eigenvalue weighted by Gasteiger charge is 2.46. The van der Waals surface area contributed by atoms with Crippen LogP contribution in [0.2, 0.25) is 0 Å². The van der Waals surface area contributed by atoms with E-state index in [0.717, 1.165) is 0 Å². The van der Waals surface area contributed by atoms with Gasteiger partial charge in [-0.15, -0.1) is 0 Å². The molecule has 1 rings (SSSR count). The Morgan fingerprint density at radius 3 is 2.07 bits per heavy atom. The molecule has 1 heterocycles. The Kier molecular flexibility index (Phi) is 3.65. The van der Waals surface area contributed by atoms with Crippen LogP contribution in [-0.2, 0) is 14.6 Å². The largest absolute Gasteiger partial charge is 0.414 e. The van der Waals surface area contributed by atoms with E-state index in [-0.39, 0.29) is 24.3 Å². The summed E-state index contributed by atoms with van der Waals surface area (Å²) in [5, 5.41) is 0. The fourth-order valence-electron chi connectivity index (χ4n) is 1.67. The molecule has 1 aliphatic rings. The van der Waals surface area contributed by atoms with Crippen LogP contribution in [0.25, 0.3) is 0 Å². The highest BCUT2D eigenvalue weighted by atomic mass is 32.2. The van der Waals surface area contributed by atoms with Crippen molar-refractivity contribution in [1.82, 2.24) is 0 Å². The summed E-state index contributed by atoms with van der Waals surface area (Å²) >= 11 is 0. The van der Waals surface area contributed by atoms with Gasteiger partial charge in [0.05, 0.1) is 11.5 Å². The molecule has 0 aliphatic carbocycles. The van der Waals surface area contributed by atoms with E-state index in [1.165, 1.54) is 0 Å². The summed E-state index contributed by atoms with van der Waals surface area (Å²) in [6.45, 7) is 0. The minimum Gasteiger partial charge on any atom is -0.360 e. The average molecular weight is 244 g/mol. The molecule has 7 heteroatoms. The molecule has 15 heavy (non-hydrogen) atoms. The number of hydrogen-bond donors (Lipinski definition) is 0. The molecule has 0 spiro atoms. The zero-order valence-electron chi connectivity index (χ0n) is 7.83. The number of hydrogen-bond acceptors (Lipinski definition) is 3. The molecule has 0 N–H and O–H groups in total. The summed E-state index contributed by atoms with van der Waals surface area (Å²) in [6, 6.07) is 0. The van der Waals surface area contributed by atoms with Crippen LogP contribution in [0.15, 0.2) is 0 Å². The Hall–Kier alpha value is -0.300. The van der Waals surface area contributed by atoms with Crippen LogP contribution in [0.3, 0.4) is 0 Å². The molecule has 0 bridgehead atoms. The minimum absolute atomic E-state index is 0.0519. The molecule has 0 amide bonds. The van der Waals surface area contributed by atoms with Gasteiger partial charge >= 0.3 is 6.18 Å². The minimum atomic E-state index is -4.54. The molecule has 88 valence electrons. The second kappa shape index (κ2) is 4.29. The molecular formula is C8H11F3O3S. The van der Waals surface area contributed by atoms with Crippen LogP contribution in [-0.4, -0.2) is 32.2 Å². The van der Waals surface area contributed by atoms with Gasteiger partial charge in [-0.3, -0.25) is 0 Å². The molecule has 1 saturated heterocycles. The molecule has 0 aromatic rings. The Labute approximate surface area is 86.5 Å². The Morgan fingerprint density at radius 1 is 1.27 bits per heavy atom. The van der Waals surface area contributed by atoms with E-state index in [9.17, 15) is 21.6 Å². The summed E-state index contributed by atoms with van der Waals surface area (Å²) in [5.41, 5.74) is 0. The van der Waals surface area contributed by atoms with Crippen molar-refractivity contribution in [2.45, 2.75) is 25.1 Å². The first-order chi connectivity index (χ1) is 6.76. The fraction of sp³-hybridized carbons (Fsp3) is 0.875. The molecule has 0 aromatic heterocycles. The molecule has 1 atom stereocenters.